The van der Waals surface area contributed by atoms with Gasteiger partial charge in [-0.05, 0) is 30.0 Å². The van der Waals surface area contributed by atoms with Gasteiger partial charge < -0.3 is 9.73 Å². The Morgan fingerprint density at radius 1 is 1.19 bits per heavy atom. The van der Waals surface area contributed by atoms with Crippen LogP contribution in [0.5, 0.6) is 0 Å². The first-order valence-corrected chi connectivity index (χ1v) is 11.5. The topological polar surface area (TPSA) is 81.3 Å². The van der Waals surface area contributed by atoms with Crippen LogP contribution in [0.15, 0.2) is 27.4 Å². The fourth-order valence-electron chi connectivity index (χ4n) is 3.74. The number of hydrogen-bond donors (Lipinski definition) is 1. The van der Waals surface area contributed by atoms with E-state index in [-0.39, 0.29) is 23.9 Å². The zero-order valence-electron chi connectivity index (χ0n) is 15.8. The molecule has 0 saturated heterocycles. The Labute approximate surface area is 166 Å². The molecule has 2 aromatic rings. The molecular formula is C19H29ClN2O4S. The highest BCUT2D eigenvalue weighted by molar-refractivity contribution is 7.90. The summed E-state index contributed by atoms with van der Waals surface area (Å²) in [6.45, 7) is 1.37. The van der Waals surface area contributed by atoms with Crippen LogP contribution < -0.4 is 11.1 Å². The highest BCUT2D eigenvalue weighted by Crippen LogP contribution is 2.27. The van der Waals surface area contributed by atoms with E-state index in [4.69, 9.17) is 4.42 Å². The lowest BCUT2D eigenvalue weighted by Gasteiger charge is -2.21. The van der Waals surface area contributed by atoms with Gasteiger partial charge in [-0.15, -0.1) is 12.4 Å². The summed E-state index contributed by atoms with van der Waals surface area (Å²) in [5.74, 6) is 0.477. The Bertz CT molecular complexity index is 898. The van der Waals surface area contributed by atoms with Crippen molar-refractivity contribution in [1.82, 2.24) is 9.88 Å². The highest BCUT2D eigenvalue weighted by atomic mass is 35.5. The van der Waals surface area contributed by atoms with Gasteiger partial charge in [0.1, 0.15) is 9.84 Å². The minimum absolute atomic E-state index is 0. The molecule has 1 aromatic heterocycles. The third-order valence-electron chi connectivity index (χ3n) is 5.14. The van der Waals surface area contributed by atoms with E-state index < -0.39 is 9.84 Å². The molecule has 0 aliphatic heterocycles. The van der Waals surface area contributed by atoms with Crippen LogP contribution in [0, 0.1) is 5.92 Å². The molecule has 1 saturated carbocycles. The average molecular weight is 417 g/mol. The van der Waals surface area contributed by atoms with E-state index in [9.17, 15) is 13.2 Å². The molecule has 1 fully saturated rings. The van der Waals surface area contributed by atoms with Crippen molar-refractivity contribution in [2.75, 3.05) is 25.1 Å². The summed E-state index contributed by atoms with van der Waals surface area (Å²) < 4.78 is 29.3. The second-order valence-electron chi connectivity index (χ2n) is 7.41. The van der Waals surface area contributed by atoms with E-state index in [0.717, 1.165) is 17.9 Å². The van der Waals surface area contributed by atoms with Crippen molar-refractivity contribution in [3.8, 4) is 0 Å². The third kappa shape index (κ3) is 6.36. The molecule has 0 radical (unpaired) electrons. The van der Waals surface area contributed by atoms with Crippen LogP contribution in [-0.2, 0) is 22.8 Å². The molecule has 0 atom stereocenters. The lowest BCUT2D eigenvalue weighted by atomic mass is 9.85. The number of oxazole rings is 1. The summed E-state index contributed by atoms with van der Waals surface area (Å²) in [5.41, 5.74) is 2.69. The number of benzene rings is 1. The first kappa shape index (κ1) is 22.0. The molecule has 27 heavy (non-hydrogen) atoms. The van der Waals surface area contributed by atoms with Crippen molar-refractivity contribution in [3.05, 3.63) is 34.3 Å². The number of fused-ring (bicyclic) bond motifs is 1. The van der Waals surface area contributed by atoms with E-state index in [1.807, 2.05) is 6.07 Å². The summed E-state index contributed by atoms with van der Waals surface area (Å²) in [4.78, 5) is 12.1. The van der Waals surface area contributed by atoms with Gasteiger partial charge in [0.2, 0.25) is 0 Å². The minimum atomic E-state index is -2.97. The molecule has 6 nitrogen and oxygen atoms in total. The van der Waals surface area contributed by atoms with Crippen LogP contribution in [0.3, 0.4) is 0 Å². The van der Waals surface area contributed by atoms with Crippen LogP contribution in [0.1, 0.15) is 37.7 Å². The fraction of sp³-hybridized carbons (Fsp3) is 0.632. The molecule has 1 heterocycles. The monoisotopic (exact) mass is 416 g/mol. The van der Waals surface area contributed by atoms with Crippen molar-refractivity contribution in [3.63, 3.8) is 0 Å². The summed E-state index contributed by atoms with van der Waals surface area (Å²) in [7, 11) is -2.97. The molecule has 1 aromatic carbocycles. The zero-order valence-corrected chi connectivity index (χ0v) is 17.4. The number of aromatic nitrogens is 1. The van der Waals surface area contributed by atoms with E-state index in [1.54, 1.807) is 4.57 Å². The number of halogens is 1. The number of nitrogens with zero attached hydrogens (tertiary/aromatic N) is 1. The molecule has 1 aliphatic rings. The summed E-state index contributed by atoms with van der Waals surface area (Å²) >= 11 is 0. The lowest BCUT2D eigenvalue weighted by Crippen LogP contribution is -2.28. The van der Waals surface area contributed by atoms with E-state index >= 15 is 0 Å². The van der Waals surface area contributed by atoms with Gasteiger partial charge in [-0.3, -0.25) is 4.57 Å². The van der Waals surface area contributed by atoms with Crippen LogP contribution in [-0.4, -0.2) is 38.1 Å². The SMILES string of the molecule is CS(=O)(=O)CCNCCn1c(=O)oc2ccc(CC3CCCCC3)cc21.Cl. The molecule has 1 N–H and O–H groups in total. The molecule has 0 unspecified atom stereocenters. The lowest BCUT2D eigenvalue weighted by molar-refractivity contribution is 0.357. The second-order valence-corrected chi connectivity index (χ2v) is 9.67. The van der Waals surface area contributed by atoms with E-state index in [0.29, 0.717) is 25.2 Å². The quantitative estimate of drug-likeness (QED) is 0.669. The predicted octanol–water partition coefficient (Wildman–Crippen LogP) is 2.77. The normalized spacial score (nSPS) is 15.7. The van der Waals surface area contributed by atoms with Gasteiger partial charge in [0, 0.05) is 25.9 Å². The van der Waals surface area contributed by atoms with Gasteiger partial charge >= 0.3 is 5.76 Å². The zero-order chi connectivity index (χ0) is 18.6. The van der Waals surface area contributed by atoms with Gasteiger partial charge in [0.25, 0.3) is 0 Å². The highest BCUT2D eigenvalue weighted by Gasteiger charge is 2.15. The van der Waals surface area contributed by atoms with Crippen molar-refractivity contribution in [2.45, 2.75) is 45.1 Å². The number of hydrogen-bond acceptors (Lipinski definition) is 5. The Kier molecular flexibility index (Phi) is 7.94. The standard InChI is InChI=1S/C19H28N2O4S.ClH/c1-26(23,24)12-10-20-9-11-21-17-14-16(7-8-18(17)25-19(21)22)13-15-5-3-2-4-6-15;/h7-8,14-15,20H,2-6,9-13H2,1H3;1H. The number of nitrogens with one attached hydrogen (secondary N) is 1. The largest absolute Gasteiger partial charge is 0.419 e. The van der Waals surface area contributed by atoms with Gasteiger partial charge in [-0.2, -0.15) is 0 Å². The first-order valence-electron chi connectivity index (χ1n) is 9.43. The molecule has 0 bridgehead atoms. The fourth-order valence-corrected chi connectivity index (χ4v) is 4.26. The maximum Gasteiger partial charge on any atom is 0.419 e. The Hall–Kier alpha value is -1.31. The van der Waals surface area contributed by atoms with E-state index in [1.165, 1.54) is 43.9 Å². The number of sulfone groups is 1. The minimum Gasteiger partial charge on any atom is -0.408 e. The second kappa shape index (κ2) is 9.75. The van der Waals surface area contributed by atoms with Gasteiger partial charge in [0.05, 0.1) is 11.3 Å². The average Bonchev–Trinajstić information content (AvgIpc) is 2.90. The molecule has 1 aliphatic carbocycles. The van der Waals surface area contributed by atoms with Crippen LogP contribution in [0.2, 0.25) is 0 Å². The Morgan fingerprint density at radius 3 is 2.63 bits per heavy atom. The van der Waals surface area contributed by atoms with Gasteiger partial charge in [0.15, 0.2) is 5.58 Å². The molecular weight excluding hydrogens is 388 g/mol. The Balaban J connectivity index is 0.00000261. The maximum absolute atomic E-state index is 12.1. The van der Waals surface area contributed by atoms with Crippen molar-refractivity contribution >= 4 is 33.3 Å². The molecule has 152 valence electrons. The summed E-state index contributed by atoms with van der Waals surface area (Å²) in [5, 5.41) is 3.07. The van der Waals surface area contributed by atoms with Crippen LogP contribution >= 0.6 is 12.4 Å². The van der Waals surface area contributed by atoms with Gasteiger partial charge in [-0.1, -0.05) is 38.2 Å². The predicted molar refractivity (Wildman–Crippen MR) is 111 cm³/mol. The number of rotatable bonds is 8. The molecule has 3 rings (SSSR count). The van der Waals surface area contributed by atoms with Crippen LogP contribution in [0.25, 0.3) is 11.1 Å². The summed E-state index contributed by atoms with van der Waals surface area (Å²) in [6.07, 6.45) is 8.85. The van der Waals surface area contributed by atoms with Gasteiger partial charge in [-0.25, -0.2) is 13.2 Å². The molecule has 0 amide bonds. The first-order chi connectivity index (χ1) is 12.4. The molecule has 8 heteroatoms. The van der Waals surface area contributed by atoms with Crippen LogP contribution in [0.4, 0.5) is 0 Å². The molecule has 0 spiro atoms. The van der Waals surface area contributed by atoms with E-state index in [2.05, 4.69) is 17.4 Å². The summed E-state index contributed by atoms with van der Waals surface area (Å²) in [6, 6.07) is 6.03. The van der Waals surface area contributed by atoms with Crippen molar-refractivity contribution in [2.24, 2.45) is 5.92 Å². The van der Waals surface area contributed by atoms with Crippen molar-refractivity contribution in [1.29, 1.82) is 0 Å². The maximum atomic E-state index is 12.1. The third-order valence-corrected chi connectivity index (χ3v) is 6.09. The van der Waals surface area contributed by atoms with Crippen molar-refractivity contribution < 1.29 is 12.8 Å². The Morgan fingerprint density at radius 2 is 1.93 bits per heavy atom. The smallest absolute Gasteiger partial charge is 0.408 e.